The van der Waals surface area contributed by atoms with Gasteiger partial charge in [-0.1, -0.05) is 84.6 Å². The number of nitrogens with zero attached hydrogens (tertiary/aromatic N) is 1. The van der Waals surface area contributed by atoms with E-state index in [1.807, 2.05) is 67.6 Å². The number of nitrogens with two attached hydrogens (primary N) is 1. The predicted molar refractivity (Wildman–Crippen MR) is 135 cm³/mol. The van der Waals surface area contributed by atoms with Gasteiger partial charge in [0.2, 0.25) is 15.9 Å². The Balaban J connectivity index is 1.45. The predicted octanol–water partition coefficient (Wildman–Crippen LogP) is 4.36. The van der Waals surface area contributed by atoms with E-state index >= 15 is 0 Å². The second kappa shape index (κ2) is 10.3. The molecular weight excluding hydrogens is 468 g/mol. The zero-order valence-corrected chi connectivity index (χ0v) is 20.1. The molecule has 0 radical (unpaired) electrons. The lowest BCUT2D eigenvalue weighted by Crippen LogP contribution is -2.28. The van der Waals surface area contributed by atoms with E-state index in [0.717, 1.165) is 28.1 Å². The molecule has 9 heteroatoms. The summed E-state index contributed by atoms with van der Waals surface area (Å²) in [5, 5.41) is 8.71. The van der Waals surface area contributed by atoms with Crippen LogP contribution in [0, 0.1) is 0 Å². The highest BCUT2D eigenvalue weighted by Crippen LogP contribution is 2.32. The molecule has 174 valence electrons. The smallest absolute Gasteiger partial charge is 0.238 e. The molecule has 0 spiro atoms. The van der Waals surface area contributed by atoms with Gasteiger partial charge in [0.05, 0.1) is 28.1 Å². The summed E-state index contributed by atoms with van der Waals surface area (Å²) >= 11 is 1.32. The van der Waals surface area contributed by atoms with Gasteiger partial charge in [0, 0.05) is 11.1 Å². The Morgan fingerprint density at radius 2 is 1.56 bits per heavy atom. The third-order valence-electron chi connectivity index (χ3n) is 5.22. The molecule has 1 unspecified atom stereocenters. The molecule has 3 aromatic carbocycles. The SMILES string of the molecule is CC(NC(=O)CSc1nc(-c2ccccc2)c(-c2ccccc2)[nH]1)c1ccc(S(N)(=O)=O)cc1. The van der Waals surface area contributed by atoms with Crippen molar-refractivity contribution in [2.45, 2.75) is 23.0 Å². The maximum Gasteiger partial charge on any atom is 0.238 e. The van der Waals surface area contributed by atoms with E-state index in [2.05, 4.69) is 10.3 Å². The summed E-state index contributed by atoms with van der Waals surface area (Å²) in [6.07, 6.45) is 0. The minimum atomic E-state index is -3.75. The van der Waals surface area contributed by atoms with Crippen LogP contribution in [0.25, 0.3) is 22.5 Å². The van der Waals surface area contributed by atoms with Gasteiger partial charge in [-0.2, -0.15) is 0 Å². The number of amides is 1. The fraction of sp³-hybridized carbons (Fsp3) is 0.120. The van der Waals surface area contributed by atoms with Crippen molar-refractivity contribution in [2.24, 2.45) is 5.14 Å². The first-order chi connectivity index (χ1) is 16.3. The third kappa shape index (κ3) is 5.74. The molecule has 4 aromatic rings. The molecule has 1 aromatic heterocycles. The summed E-state index contributed by atoms with van der Waals surface area (Å²) in [6.45, 7) is 1.84. The number of H-pyrrole nitrogens is 1. The Labute approximate surface area is 202 Å². The highest BCUT2D eigenvalue weighted by molar-refractivity contribution is 7.99. The Morgan fingerprint density at radius 3 is 2.15 bits per heavy atom. The Bertz CT molecular complexity index is 1310. The molecule has 1 amide bonds. The highest BCUT2D eigenvalue weighted by Gasteiger charge is 2.16. The second-order valence-corrected chi connectivity index (χ2v) is 10.2. The van der Waals surface area contributed by atoms with Gasteiger partial charge >= 0.3 is 0 Å². The number of rotatable bonds is 8. The van der Waals surface area contributed by atoms with E-state index < -0.39 is 10.0 Å². The maximum atomic E-state index is 12.6. The molecule has 1 heterocycles. The van der Waals surface area contributed by atoms with Crippen LogP contribution in [0.5, 0.6) is 0 Å². The number of aromatic amines is 1. The van der Waals surface area contributed by atoms with E-state index in [0.29, 0.717) is 5.16 Å². The molecule has 0 saturated heterocycles. The van der Waals surface area contributed by atoms with Gasteiger partial charge in [0.15, 0.2) is 5.16 Å². The van der Waals surface area contributed by atoms with Gasteiger partial charge in [-0.25, -0.2) is 18.5 Å². The van der Waals surface area contributed by atoms with Crippen LogP contribution < -0.4 is 10.5 Å². The van der Waals surface area contributed by atoms with Crippen molar-refractivity contribution in [1.29, 1.82) is 0 Å². The number of carbonyl (C=O) groups excluding carboxylic acids is 1. The van der Waals surface area contributed by atoms with Crippen molar-refractivity contribution < 1.29 is 13.2 Å². The molecule has 0 saturated carbocycles. The Kier molecular flexibility index (Phi) is 7.16. The van der Waals surface area contributed by atoms with Gasteiger partial charge in [-0.3, -0.25) is 4.79 Å². The summed E-state index contributed by atoms with van der Waals surface area (Å²) in [5.41, 5.74) is 4.52. The number of thioether (sulfide) groups is 1. The number of aromatic nitrogens is 2. The molecule has 0 aliphatic heterocycles. The van der Waals surface area contributed by atoms with Crippen molar-refractivity contribution in [3.63, 3.8) is 0 Å². The Hall–Kier alpha value is -3.40. The summed E-state index contributed by atoms with van der Waals surface area (Å²) < 4.78 is 22.8. The summed E-state index contributed by atoms with van der Waals surface area (Å²) in [6, 6.07) is 25.7. The van der Waals surface area contributed by atoms with Gasteiger partial charge < -0.3 is 10.3 Å². The zero-order valence-electron chi connectivity index (χ0n) is 18.4. The van der Waals surface area contributed by atoms with E-state index in [9.17, 15) is 13.2 Å². The topological polar surface area (TPSA) is 118 Å². The van der Waals surface area contributed by atoms with E-state index in [-0.39, 0.29) is 22.6 Å². The molecule has 4 rings (SSSR count). The number of nitrogens with one attached hydrogen (secondary N) is 2. The number of benzene rings is 3. The van der Waals surface area contributed by atoms with Crippen LogP contribution >= 0.6 is 11.8 Å². The van der Waals surface area contributed by atoms with Crippen LogP contribution in [0.3, 0.4) is 0 Å². The number of primary sulfonamides is 1. The van der Waals surface area contributed by atoms with Crippen LogP contribution in [0.15, 0.2) is 95.0 Å². The van der Waals surface area contributed by atoms with Crippen LogP contribution in [0.2, 0.25) is 0 Å². The first-order valence-corrected chi connectivity index (χ1v) is 13.1. The molecule has 0 bridgehead atoms. The second-order valence-electron chi connectivity index (χ2n) is 7.69. The minimum Gasteiger partial charge on any atom is -0.349 e. The fourth-order valence-electron chi connectivity index (χ4n) is 3.49. The average molecular weight is 493 g/mol. The summed E-state index contributed by atoms with van der Waals surface area (Å²) in [7, 11) is -3.75. The van der Waals surface area contributed by atoms with E-state index in [4.69, 9.17) is 10.1 Å². The molecule has 0 aliphatic carbocycles. The van der Waals surface area contributed by atoms with Crippen molar-refractivity contribution in [3.8, 4) is 22.5 Å². The lowest BCUT2D eigenvalue weighted by Gasteiger charge is -2.14. The quantitative estimate of drug-likeness (QED) is 0.316. The number of hydrogen-bond donors (Lipinski definition) is 3. The number of hydrogen-bond acceptors (Lipinski definition) is 5. The zero-order chi connectivity index (χ0) is 24.1. The average Bonchev–Trinajstić information content (AvgIpc) is 3.28. The standard InChI is InChI=1S/C25H24N4O3S2/c1-17(18-12-14-21(15-13-18)34(26,31)32)27-22(30)16-33-25-28-23(19-8-4-2-5-9-19)24(29-25)20-10-6-3-7-11-20/h2-15,17H,16H2,1H3,(H,27,30)(H,28,29)(H2,26,31,32). The Morgan fingerprint density at radius 1 is 0.971 bits per heavy atom. The van der Waals surface area contributed by atoms with E-state index in [1.165, 1.54) is 23.9 Å². The molecule has 34 heavy (non-hydrogen) atoms. The van der Waals surface area contributed by atoms with Crippen LogP contribution in [0.1, 0.15) is 18.5 Å². The van der Waals surface area contributed by atoms with Crippen molar-refractivity contribution in [2.75, 3.05) is 5.75 Å². The minimum absolute atomic E-state index is 0.0339. The molecule has 0 fully saturated rings. The van der Waals surface area contributed by atoms with Crippen molar-refractivity contribution in [3.05, 3.63) is 90.5 Å². The first-order valence-electron chi connectivity index (χ1n) is 10.6. The summed E-state index contributed by atoms with van der Waals surface area (Å²) in [5.74, 6) is 0.0159. The van der Waals surface area contributed by atoms with E-state index in [1.54, 1.807) is 12.1 Å². The first kappa shape index (κ1) is 23.7. The lowest BCUT2D eigenvalue weighted by atomic mass is 10.1. The number of carbonyl (C=O) groups is 1. The van der Waals surface area contributed by atoms with Gasteiger partial charge in [0.25, 0.3) is 0 Å². The van der Waals surface area contributed by atoms with Crippen molar-refractivity contribution in [1.82, 2.24) is 15.3 Å². The molecule has 1 atom stereocenters. The van der Waals surface area contributed by atoms with Gasteiger partial charge in [-0.15, -0.1) is 0 Å². The molecule has 0 aliphatic rings. The largest absolute Gasteiger partial charge is 0.349 e. The summed E-state index contributed by atoms with van der Waals surface area (Å²) in [4.78, 5) is 20.7. The van der Waals surface area contributed by atoms with Gasteiger partial charge in [-0.05, 0) is 24.6 Å². The fourth-order valence-corrected chi connectivity index (χ4v) is 4.68. The lowest BCUT2D eigenvalue weighted by molar-refractivity contribution is -0.119. The molecular formula is C25H24N4O3S2. The van der Waals surface area contributed by atoms with Crippen LogP contribution in [-0.4, -0.2) is 30.0 Å². The number of imidazole rings is 1. The monoisotopic (exact) mass is 492 g/mol. The van der Waals surface area contributed by atoms with Gasteiger partial charge in [0.1, 0.15) is 0 Å². The normalized spacial score (nSPS) is 12.3. The number of sulfonamides is 1. The molecule has 7 nitrogen and oxygen atoms in total. The molecule has 4 N–H and O–H groups in total. The van der Waals surface area contributed by atoms with Crippen molar-refractivity contribution >= 4 is 27.7 Å². The third-order valence-corrected chi connectivity index (χ3v) is 7.02. The highest BCUT2D eigenvalue weighted by atomic mass is 32.2. The maximum absolute atomic E-state index is 12.6. The van der Waals surface area contributed by atoms with Crippen LogP contribution in [-0.2, 0) is 14.8 Å². The van der Waals surface area contributed by atoms with Crippen LogP contribution in [0.4, 0.5) is 0 Å².